The SMILES string of the molecule is COc1ccc(C(=O)N/N=C(/C)c2ccc(O)cc2O)c(O)c1. The van der Waals surface area contributed by atoms with E-state index < -0.39 is 5.91 Å². The van der Waals surface area contributed by atoms with E-state index in [4.69, 9.17) is 4.74 Å². The lowest BCUT2D eigenvalue weighted by molar-refractivity contribution is 0.0952. The summed E-state index contributed by atoms with van der Waals surface area (Å²) >= 11 is 0. The van der Waals surface area contributed by atoms with Gasteiger partial charge in [-0.3, -0.25) is 4.79 Å². The normalized spacial score (nSPS) is 11.1. The van der Waals surface area contributed by atoms with Crippen LogP contribution in [0.3, 0.4) is 0 Å². The minimum absolute atomic E-state index is 0.0391. The number of methoxy groups -OCH3 is 1. The number of hydrogen-bond acceptors (Lipinski definition) is 6. The number of phenols is 3. The van der Waals surface area contributed by atoms with Crippen LogP contribution in [-0.2, 0) is 0 Å². The van der Waals surface area contributed by atoms with E-state index in [1.807, 2.05) is 0 Å². The van der Waals surface area contributed by atoms with Gasteiger partial charge >= 0.3 is 0 Å². The monoisotopic (exact) mass is 316 g/mol. The van der Waals surface area contributed by atoms with Gasteiger partial charge in [-0.15, -0.1) is 0 Å². The van der Waals surface area contributed by atoms with Crippen molar-refractivity contribution in [3.05, 3.63) is 47.5 Å². The summed E-state index contributed by atoms with van der Waals surface area (Å²) in [6, 6.07) is 8.30. The molecule has 4 N–H and O–H groups in total. The maximum atomic E-state index is 12.0. The predicted octanol–water partition coefficient (Wildman–Crippen LogP) is 1.97. The molecule has 0 saturated heterocycles. The number of phenolic OH excluding ortho intramolecular Hbond substituents is 3. The Balaban J connectivity index is 2.17. The van der Waals surface area contributed by atoms with Crippen molar-refractivity contribution in [1.29, 1.82) is 0 Å². The molecule has 2 aromatic carbocycles. The molecule has 0 heterocycles. The fraction of sp³-hybridized carbons (Fsp3) is 0.125. The zero-order valence-corrected chi connectivity index (χ0v) is 12.6. The van der Waals surface area contributed by atoms with Crippen molar-refractivity contribution in [1.82, 2.24) is 5.43 Å². The molecule has 0 aliphatic carbocycles. The van der Waals surface area contributed by atoms with Gasteiger partial charge in [-0.2, -0.15) is 5.10 Å². The van der Waals surface area contributed by atoms with Crippen molar-refractivity contribution < 1.29 is 24.9 Å². The van der Waals surface area contributed by atoms with Crippen molar-refractivity contribution in [3.8, 4) is 23.0 Å². The van der Waals surface area contributed by atoms with Crippen molar-refractivity contribution in [2.24, 2.45) is 5.10 Å². The first kappa shape index (κ1) is 16.2. The molecule has 0 aliphatic rings. The molecule has 0 spiro atoms. The molecule has 0 radical (unpaired) electrons. The second-order valence-corrected chi connectivity index (χ2v) is 4.72. The number of carbonyl (C=O) groups excluding carboxylic acids is 1. The highest BCUT2D eigenvalue weighted by atomic mass is 16.5. The Morgan fingerprint density at radius 2 is 1.70 bits per heavy atom. The number of amides is 1. The lowest BCUT2D eigenvalue weighted by Gasteiger charge is -2.07. The molecule has 0 bridgehead atoms. The van der Waals surface area contributed by atoms with E-state index in [-0.39, 0.29) is 22.8 Å². The van der Waals surface area contributed by atoms with Crippen molar-refractivity contribution in [2.75, 3.05) is 7.11 Å². The highest BCUT2D eigenvalue weighted by Crippen LogP contribution is 2.24. The van der Waals surface area contributed by atoms with E-state index in [9.17, 15) is 20.1 Å². The third-order valence-corrected chi connectivity index (χ3v) is 3.15. The largest absolute Gasteiger partial charge is 0.508 e. The molecular formula is C16H16N2O5. The van der Waals surface area contributed by atoms with Crippen LogP contribution in [0, 0.1) is 0 Å². The van der Waals surface area contributed by atoms with Gasteiger partial charge in [0.05, 0.1) is 18.4 Å². The average molecular weight is 316 g/mol. The first-order chi connectivity index (χ1) is 10.9. The standard InChI is InChI=1S/C16H16N2O5/c1-9(12-5-3-10(19)7-14(12)20)17-18-16(22)13-6-4-11(23-2)8-15(13)21/h3-8,19-21H,1-2H3,(H,18,22)/b17-9-. The number of ether oxygens (including phenoxy) is 1. The first-order valence-electron chi connectivity index (χ1n) is 6.66. The van der Waals surface area contributed by atoms with E-state index in [1.54, 1.807) is 6.92 Å². The smallest absolute Gasteiger partial charge is 0.275 e. The molecule has 2 aromatic rings. The van der Waals surface area contributed by atoms with E-state index in [0.717, 1.165) is 0 Å². The Hall–Kier alpha value is -3.22. The Labute approximate surface area is 132 Å². The van der Waals surface area contributed by atoms with Crippen molar-refractivity contribution >= 4 is 11.6 Å². The molecule has 7 heteroatoms. The minimum Gasteiger partial charge on any atom is -0.508 e. The van der Waals surface area contributed by atoms with Crippen LogP contribution in [0.5, 0.6) is 23.0 Å². The van der Waals surface area contributed by atoms with Crippen LogP contribution in [0.25, 0.3) is 0 Å². The summed E-state index contributed by atoms with van der Waals surface area (Å²) in [7, 11) is 1.45. The van der Waals surface area contributed by atoms with Crippen LogP contribution in [0.2, 0.25) is 0 Å². The van der Waals surface area contributed by atoms with Crippen molar-refractivity contribution in [3.63, 3.8) is 0 Å². The number of benzene rings is 2. The number of carbonyl (C=O) groups is 1. The highest BCUT2D eigenvalue weighted by molar-refractivity contribution is 6.03. The van der Waals surface area contributed by atoms with Gasteiger partial charge in [0.1, 0.15) is 23.0 Å². The Kier molecular flexibility index (Phi) is 4.70. The second-order valence-electron chi connectivity index (χ2n) is 4.72. The lowest BCUT2D eigenvalue weighted by Crippen LogP contribution is -2.19. The molecule has 120 valence electrons. The summed E-state index contributed by atoms with van der Waals surface area (Å²) in [6.45, 7) is 1.58. The van der Waals surface area contributed by atoms with Gasteiger partial charge in [0.2, 0.25) is 0 Å². The highest BCUT2D eigenvalue weighted by Gasteiger charge is 2.12. The topological polar surface area (TPSA) is 111 Å². The minimum atomic E-state index is -0.609. The van der Waals surface area contributed by atoms with Crippen LogP contribution in [0.15, 0.2) is 41.5 Å². The molecule has 0 saturated carbocycles. The predicted molar refractivity (Wildman–Crippen MR) is 84.1 cm³/mol. The number of rotatable bonds is 4. The van der Waals surface area contributed by atoms with Crippen LogP contribution >= 0.6 is 0 Å². The summed E-state index contributed by atoms with van der Waals surface area (Å²) in [6.07, 6.45) is 0. The Bertz CT molecular complexity index is 771. The van der Waals surface area contributed by atoms with Gasteiger partial charge in [0.15, 0.2) is 0 Å². The van der Waals surface area contributed by atoms with Gasteiger partial charge < -0.3 is 20.1 Å². The van der Waals surface area contributed by atoms with Gasteiger partial charge in [-0.05, 0) is 31.2 Å². The lowest BCUT2D eigenvalue weighted by atomic mass is 10.1. The molecule has 7 nitrogen and oxygen atoms in total. The fourth-order valence-electron chi connectivity index (χ4n) is 1.91. The summed E-state index contributed by atoms with van der Waals surface area (Å²) in [5.74, 6) is -0.656. The molecule has 0 aliphatic heterocycles. The molecule has 2 rings (SSSR count). The molecule has 0 fully saturated rings. The molecule has 23 heavy (non-hydrogen) atoms. The summed E-state index contributed by atoms with van der Waals surface area (Å²) < 4.78 is 4.94. The van der Waals surface area contributed by atoms with E-state index in [0.29, 0.717) is 17.0 Å². The van der Waals surface area contributed by atoms with E-state index in [1.165, 1.54) is 43.5 Å². The van der Waals surface area contributed by atoms with Crippen LogP contribution in [-0.4, -0.2) is 34.0 Å². The van der Waals surface area contributed by atoms with Gasteiger partial charge in [0, 0.05) is 17.7 Å². The second kappa shape index (κ2) is 6.69. The Morgan fingerprint density at radius 1 is 1.04 bits per heavy atom. The van der Waals surface area contributed by atoms with Gasteiger partial charge in [-0.1, -0.05) is 0 Å². The molecule has 0 unspecified atom stereocenters. The number of hydrogen-bond donors (Lipinski definition) is 4. The third-order valence-electron chi connectivity index (χ3n) is 3.15. The summed E-state index contributed by atoms with van der Waals surface area (Å²) in [5, 5.41) is 32.7. The molecule has 0 atom stereocenters. The van der Waals surface area contributed by atoms with Gasteiger partial charge in [-0.25, -0.2) is 5.43 Å². The van der Waals surface area contributed by atoms with Crippen LogP contribution in [0.4, 0.5) is 0 Å². The maximum Gasteiger partial charge on any atom is 0.275 e. The molecular weight excluding hydrogens is 300 g/mol. The quantitative estimate of drug-likeness (QED) is 0.509. The molecule has 0 aromatic heterocycles. The van der Waals surface area contributed by atoms with Crippen LogP contribution in [0.1, 0.15) is 22.8 Å². The number of hydrazone groups is 1. The van der Waals surface area contributed by atoms with Crippen molar-refractivity contribution in [2.45, 2.75) is 6.92 Å². The maximum absolute atomic E-state index is 12.0. The zero-order chi connectivity index (χ0) is 17.0. The zero-order valence-electron chi connectivity index (χ0n) is 12.6. The third kappa shape index (κ3) is 3.70. The average Bonchev–Trinajstić information content (AvgIpc) is 2.52. The molecule has 1 amide bonds. The summed E-state index contributed by atoms with van der Waals surface area (Å²) in [4.78, 5) is 12.0. The Morgan fingerprint density at radius 3 is 2.30 bits per heavy atom. The van der Waals surface area contributed by atoms with E-state index >= 15 is 0 Å². The van der Waals surface area contributed by atoms with Crippen LogP contribution < -0.4 is 10.2 Å². The fourth-order valence-corrected chi connectivity index (χ4v) is 1.91. The number of aromatic hydroxyl groups is 3. The first-order valence-corrected chi connectivity index (χ1v) is 6.66. The summed E-state index contributed by atoms with van der Waals surface area (Å²) in [5.41, 5.74) is 3.03. The van der Waals surface area contributed by atoms with E-state index in [2.05, 4.69) is 10.5 Å². The number of nitrogens with one attached hydrogen (secondary N) is 1. The number of nitrogens with zero attached hydrogens (tertiary/aromatic N) is 1. The van der Waals surface area contributed by atoms with Gasteiger partial charge in [0.25, 0.3) is 5.91 Å².